The summed E-state index contributed by atoms with van der Waals surface area (Å²) in [6.07, 6.45) is 0. The van der Waals surface area contributed by atoms with E-state index in [1.807, 2.05) is 6.92 Å². The summed E-state index contributed by atoms with van der Waals surface area (Å²) < 4.78 is 25.8. The molecule has 1 rings (SSSR count). The molecule has 0 radical (unpaired) electrons. The molecule has 0 aliphatic carbocycles. The van der Waals surface area contributed by atoms with E-state index in [9.17, 15) is 18.4 Å². The third kappa shape index (κ3) is 4.40. The number of nitrogens with one attached hydrogen (secondary N) is 1. The molecule has 0 aliphatic rings. The molecule has 0 aromatic heterocycles. The number of likely N-dealkylation sites (N-methyl/N-ethyl adjacent to an activating group) is 2. The molecular formula is C13H16F2N2O2. The summed E-state index contributed by atoms with van der Waals surface area (Å²) in [6, 6.07) is 3.01. The number of halogens is 2. The van der Waals surface area contributed by atoms with E-state index in [-0.39, 0.29) is 30.3 Å². The van der Waals surface area contributed by atoms with E-state index < -0.39 is 11.6 Å². The fourth-order valence-corrected chi connectivity index (χ4v) is 1.53. The molecule has 0 saturated heterocycles. The number of amides is 1. The lowest BCUT2D eigenvalue weighted by Crippen LogP contribution is -2.38. The van der Waals surface area contributed by atoms with Gasteiger partial charge in [-0.25, -0.2) is 8.78 Å². The Balaban J connectivity index is 2.71. The second-order valence-electron chi connectivity index (χ2n) is 4.03. The molecule has 0 atom stereocenters. The van der Waals surface area contributed by atoms with Crippen LogP contribution in [0.25, 0.3) is 0 Å². The minimum absolute atomic E-state index is 0.0189. The molecule has 19 heavy (non-hydrogen) atoms. The van der Waals surface area contributed by atoms with Gasteiger partial charge in [-0.05, 0) is 24.7 Å². The zero-order chi connectivity index (χ0) is 14.4. The maximum Gasteiger partial charge on any atom is 0.233 e. The highest BCUT2D eigenvalue weighted by Crippen LogP contribution is 2.09. The minimum Gasteiger partial charge on any atom is -0.358 e. The standard InChI is InChI=1S/C13H16F2N2O2/c1-3-17(8-13(19)16-2)7-12(18)9-4-5-10(14)11(15)6-9/h4-6H,3,7-8H2,1-2H3,(H,16,19). The van der Waals surface area contributed by atoms with Crippen LogP contribution in [0.15, 0.2) is 18.2 Å². The fourth-order valence-electron chi connectivity index (χ4n) is 1.53. The van der Waals surface area contributed by atoms with Crippen molar-refractivity contribution in [3.05, 3.63) is 35.4 Å². The summed E-state index contributed by atoms with van der Waals surface area (Å²) in [5.74, 6) is -2.61. The normalized spacial score (nSPS) is 10.6. The quantitative estimate of drug-likeness (QED) is 0.791. The van der Waals surface area contributed by atoms with Crippen LogP contribution in [0, 0.1) is 11.6 Å². The molecule has 0 saturated carbocycles. The summed E-state index contributed by atoms with van der Waals surface area (Å²) in [5.41, 5.74) is 0.0919. The summed E-state index contributed by atoms with van der Waals surface area (Å²) >= 11 is 0. The third-order valence-corrected chi connectivity index (χ3v) is 2.70. The Bertz CT molecular complexity index is 478. The van der Waals surface area contributed by atoms with Crippen LogP contribution < -0.4 is 5.32 Å². The summed E-state index contributed by atoms with van der Waals surface area (Å²) in [4.78, 5) is 24.7. The van der Waals surface area contributed by atoms with Crippen LogP contribution in [0.1, 0.15) is 17.3 Å². The number of benzene rings is 1. The van der Waals surface area contributed by atoms with Gasteiger partial charge in [-0.1, -0.05) is 6.92 Å². The van der Waals surface area contributed by atoms with Crippen LogP contribution in [-0.4, -0.2) is 43.3 Å². The number of nitrogens with zero attached hydrogens (tertiary/aromatic N) is 1. The molecule has 1 aromatic carbocycles. The lowest BCUT2D eigenvalue weighted by molar-refractivity contribution is -0.121. The van der Waals surface area contributed by atoms with E-state index in [4.69, 9.17) is 0 Å². The van der Waals surface area contributed by atoms with Crippen molar-refractivity contribution in [2.24, 2.45) is 0 Å². The van der Waals surface area contributed by atoms with Crippen molar-refractivity contribution in [1.82, 2.24) is 10.2 Å². The zero-order valence-corrected chi connectivity index (χ0v) is 10.9. The molecule has 0 bridgehead atoms. The first kappa shape index (κ1) is 15.2. The lowest BCUT2D eigenvalue weighted by atomic mass is 10.1. The molecule has 104 valence electrons. The summed E-state index contributed by atoms with van der Waals surface area (Å²) in [5, 5.41) is 2.46. The highest BCUT2D eigenvalue weighted by Gasteiger charge is 2.15. The van der Waals surface area contributed by atoms with Gasteiger partial charge < -0.3 is 5.32 Å². The Morgan fingerprint density at radius 3 is 2.42 bits per heavy atom. The van der Waals surface area contributed by atoms with E-state index in [0.717, 1.165) is 12.1 Å². The molecule has 0 aliphatic heterocycles. The summed E-state index contributed by atoms with van der Waals surface area (Å²) in [7, 11) is 1.51. The predicted octanol–water partition coefficient (Wildman–Crippen LogP) is 1.22. The lowest BCUT2D eigenvalue weighted by Gasteiger charge is -2.18. The smallest absolute Gasteiger partial charge is 0.233 e. The average Bonchev–Trinajstić information content (AvgIpc) is 2.40. The average molecular weight is 270 g/mol. The second kappa shape index (κ2) is 6.94. The SMILES string of the molecule is CCN(CC(=O)NC)CC(=O)c1ccc(F)c(F)c1. The maximum absolute atomic E-state index is 13.0. The van der Waals surface area contributed by atoms with Gasteiger partial charge in [-0.3, -0.25) is 14.5 Å². The molecule has 0 unspecified atom stereocenters. The van der Waals surface area contributed by atoms with E-state index >= 15 is 0 Å². The first-order valence-corrected chi connectivity index (χ1v) is 5.89. The van der Waals surface area contributed by atoms with E-state index in [2.05, 4.69) is 5.32 Å². The first-order chi connectivity index (χ1) is 8.97. The van der Waals surface area contributed by atoms with Crippen molar-refractivity contribution in [3.8, 4) is 0 Å². The fraction of sp³-hybridized carbons (Fsp3) is 0.385. The van der Waals surface area contributed by atoms with Crippen LogP contribution in [0.4, 0.5) is 8.78 Å². The van der Waals surface area contributed by atoms with Crippen LogP contribution >= 0.6 is 0 Å². The van der Waals surface area contributed by atoms with E-state index in [1.54, 1.807) is 4.90 Å². The molecular weight excluding hydrogens is 254 g/mol. The number of Topliss-reactive ketones (excluding diaryl/α,β-unsaturated/α-hetero) is 1. The Kier molecular flexibility index (Phi) is 5.57. The second-order valence-corrected chi connectivity index (χ2v) is 4.03. The number of ketones is 1. The number of rotatable bonds is 6. The van der Waals surface area contributed by atoms with E-state index in [1.165, 1.54) is 13.1 Å². The number of carbonyl (C=O) groups is 2. The van der Waals surface area contributed by atoms with Gasteiger partial charge >= 0.3 is 0 Å². The third-order valence-electron chi connectivity index (χ3n) is 2.70. The zero-order valence-electron chi connectivity index (χ0n) is 10.9. The Morgan fingerprint density at radius 2 is 1.89 bits per heavy atom. The van der Waals surface area contributed by atoms with Crippen LogP contribution in [-0.2, 0) is 4.79 Å². The van der Waals surface area contributed by atoms with Crippen LogP contribution in [0.3, 0.4) is 0 Å². The highest BCUT2D eigenvalue weighted by molar-refractivity contribution is 5.97. The van der Waals surface area contributed by atoms with Crippen molar-refractivity contribution in [2.75, 3.05) is 26.7 Å². The number of hydrogen-bond donors (Lipinski definition) is 1. The molecule has 0 spiro atoms. The molecule has 1 aromatic rings. The van der Waals surface area contributed by atoms with E-state index in [0.29, 0.717) is 6.54 Å². The predicted molar refractivity (Wildman–Crippen MR) is 66.9 cm³/mol. The van der Waals surface area contributed by atoms with Crippen molar-refractivity contribution < 1.29 is 18.4 Å². The van der Waals surface area contributed by atoms with Gasteiger partial charge in [0.25, 0.3) is 0 Å². The van der Waals surface area contributed by atoms with Gasteiger partial charge in [0.05, 0.1) is 13.1 Å². The van der Waals surface area contributed by atoms with Gasteiger partial charge in [-0.15, -0.1) is 0 Å². The molecule has 0 heterocycles. The van der Waals surface area contributed by atoms with Gasteiger partial charge in [0.1, 0.15) is 0 Å². The Morgan fingerprint density at radius 1 is 1.21 bits per heavy atom. The largest absolute Gasteiger partial charge is 0.358 e. The van der Waals surface area contributed by atoms with Crippen molar-refractivity contribution in [2.45, 2.75) is 6.92 Å². The Hall–Kier alpha value is -1.82. The molecule has 1 N–H and O–H groups in total. The highest BCUT2D eigenvalue weighted by atomic mass is 19.2. The van der Waals surface area contributed by atoms with Gasteiger partial charge in [0, 0.05) is 12.6 Å². The van der Waals surface area contributed by atoms with Gasteiger partial charge in [0.15, 0.2) is 17.4 Å². The number of hydrogen-bond acceptors (Lipinski definition) is 3. The van der Waals surface area contributed by atoms with Gasteiger partial charge in [0.2, 0.25) is 5.91 Å². The topological polar surface area (TPSA) is 49.4 Å². The van der Waals surface area contributed by atoms with Crippen molar-refractivity contribution >= 4 is 11.7 Å². The van der Waals surface area contributed by atoms with Crippen LogP contribution in [0.2, 0.25) is 0 Å². The minimum atomic E-state index is -1.06. The molecule has 0 fully saturated rings. The maximum atomic E-state index is 13.0. The van der Waals surface area contributed by atoms with Crippen molar-refractivity contribution in [3.63, 3.8) is 0 Å². The van der Waals surface area contributed by atoms with Gasteiger partial charge in [-0.2, -0.15) is 0 Å². The summed E-state index contributed by atoms with van der Waals surface area (Å²) in [6.45, 7) is 2.38. The first-order valence-electron chi connectivity index (χ1n) is 5.89. The van der Waals surface area contributed by atoms with Crippen molar-refractivity contribution in [1.29, 1.82) is 0 Å². The number of carbonyl (C=O) groups excluding carboxylic acids is 2. The molecule has 6 heteroatoms. The monoisotopic (exact) mass is 270 g/mol. The molecule has 1 amide bonds. The Labute approximate surface area is 110 Å². The van der Waals surface area contributed by atoms with Crippen LogP contribution in [0.5, 0.6) is 0 Å². The molecule has 4 nitrogen and oxygen atoms in total.